The van der Waals surface area contributed by atoms with Crippen molar-refractivity contribution in [2.75, 3.05) is 0 Å². The van der Waals surface area contributed by atoms with Gasteiger partial charge in [-0.3, -0.25) is 9.78 Å². The van der Waals surface area contributed by atoms with E-state index in [2.05, 4.69) is 20.9 Å². The van der Waals surface area contributed by atoms with Crippen LogP contribution >= 0.6 is 15.9 Å². The molecule has 11 heavy (non-hydrogen) atoms. The third kappa shape index (κ3) is 0.997. The molecule has 0 saturated carbocycles. The molecule has 1 aliphatic carbocycles. The summed E-state index contributed by atoms with van der Waals surface area (Å²) in [5, 5.41) is 0. The molecule has 2 nitrogen and oxygen atoms in total. The maximum atomic E-state index is 11.3. The standard InChI is InChI=1S/C8H6BrNO/c9-6-4-5-2-1-3-10-7(5)8(6)11/h1-3,6H,4H2/t6-/m1/s1. The molecule has 0 aromatic carbocycles. The van der Waals surface area contributed by atoms with Crippen molar-refractivity contribution in [3.8, 4) is 0 Å². The van der Waals surface area contributed by atoms with E-state index in [1.807, 2.05) is 12.1 Å². The van der Waals surface area contributed by atoms with E-state index in [0.717, 1.165) is 12.0 Å². The van der Waals surface area contributed by atoms with E-state index in [-0.39, 0.29) is 10.6 Å². The first kappa shape index (κ1) is 6.98. The Bertz CT molecular complexity index is 311. The summed E-state index contributed by atoms with van der Waals surface area (Å²) < 4.78 is 0. The maximum Gasteiger partial charge on any atom is 0.195 e. The van der Waals surface area contributed by atoms with E-state index in [9.17, 15) is 4.79 Å². The lowest BCUT2D eigenvalue weighted by Gasteiger charge is -1.91. The number of aromatic nitrogens is 1. The Hall–Kier alpha value is -0.700. The molecule has 0 amide bonds. The Morgan fingerprint density at radius 1 is 1.64 bits per heavy atom. The van der Waals surface area contributed by atoms with Crippen LogP contribution in [0.15, 0.2) is 18.3 Å². The highest BCUT2D eigenvalue weighted by molar-refractivity contribution is 9.10. The number of carbonyl (C=O) groups excluding carboxylic acids is 1. The number of ketones is 1. The highest BCUT2D eigenvalue weighted by Crippen LogP contribution is 2.24. The van der Waals surface area contributed by atoms with Crippen molar-refractivity contribution < 1.29 is 4.79 Å². The van der Waals surface area contributed by atoms with Gasteiger partial charge in [-0.2, -0.15) is 0 Å². The summed E-state index contributed by atoms with van der Waals surface area (Å²) in [5.41, 5.74) is 1.69. The van der Waals surface area contributed by atoms with Gasteiger partial charge in [0.2, 0.25) is 0 Å². The fourth-order valence-corrected chi connectivity index (χ4v) is 1.82. The molecular formula is C8H6BrNO. The normalized spacial score (nSPS) is 21.9. The summed E-state index contributed by atoms with van der Waals surface area (Å²) in [6.07, 6.45) is 2.43. The van der Waals surface area contributed by atoms with Gasteiger partial charge in [0, 0.05) is 6.20 Å². The lowest BCUT2D eigenvalue weighted by atomic mass is 10.2. The first-order valence-electron chi connectivity index (χ1n) is 3.41. The largest absolute Gasteiger partial charge is 0.291 e. The summed E-state index contributed by atoms with van der Waals surface area (Å²) >= 11 is 3.29. The molecule has 1 aliphatic rings. The molecule has 1 atom stereocenters. The van der Waals surface area contributed by atoms with Crippen molar-refractivity contribution in [3.05, 3.63) is 29.6 Å². The van der Waals surface area contributed by atoms with Crippen LogP contribution in [0.3, 0.4) is 0 Å². The van der Waals surface area contributed by atoms with E-state index in [0.29, 0.717) is 5.69 Å². The average Bonchev–Trinajstić information content (AvgIpc) is 2.30. The molecule has 3 heteroatoms. The lowest BCUT2D eigenvalue weighted by molar-refractivity contribution is 0.0998. The van der Waals surface area contributed by atoms with Crippen LogP contribution in [-0.2, 0) is 6.42 Å². The molecule has 1 aromatic heterocycles. The smallest absolute Gasteiger partial charge is 0.195 e. The molecule has 0 radical (unpaired) electrons. The van der Waals surface area contributed by atoms with Crippen molar-refractivity contribution in [1.29, 1.82) is 0 Å². The monoisotopic (exact) mass is 211 g/mol. The molecule has 0 unspecified atom stereocenters. The van der Waals surface area contributed by atoms with Gasteiger partial charge in [0.25, 0.3) is 0 Å². The highest BCUT2D eigenvalue weighted by Gasteiger charge is 2.28. The molecular weight excluding hydrogens is 206 g/mol. The summed E-state index contributed by atoms with van der Waals surface area (Å²) in [6.45, 7) is 0. The second-order valence-corrected chi connectivity index (χ2v) is 3.65. The lowest BCUT2D eigenvalue weighted by Crippen LogP contribution is -2.07. The highest BCUT2D eigenvalue weighted by atomic mass is 79.9. The Kier molecular flexibility index (Phi) is 1.53. The van der Waals surface area contributed by atoms with E-state index < -0.39 is 0 Å². The van der Waals surface area contributed by atoms with Crippen molar-refractivity contribution in [2.45, 2.75) is 11.2 Å². The topological polar surface area (TPSA) is 30.0 Å². The quantitative estimate of drug-likeness (QED) is 0.611. The van der Waals surface area contributed by atoms with E-state index in [1.165, 1.54) is 0 Å². The van der Waals surface area contributed by atoms with Gasteiger partial charge in [0.1, 0.15) is 5.69 Å². The molecule has 0 fully saturated rings. The molecule has 0 spiro atoms. The number of hydrogen-bond donors (Lipinski definition) is 0. The second-order valence-electron chi connectivity index (χ2n) is 2.55. The van der Waals surface area contributed by atoms with Crippen molar-refractivity contribution in [1.82, 2.24) is 4.98 Å². The fourth-order valence-electron chi connectivity index (χ4n) is 1.26. The van der Waals surface area contributed by atoms with Gasteiger partial charge >= 0.3 is 0 Å². The summed E-state index contributed by atoms with van der Waals surface area (Å²) in [4.78, 5) is 15.2. The number of rotatable bonds is 0. The third-order valence-corrected chi connectivity index (χ3v) is 2.55. The van der Waals surface area contributed by atoms with Gasteiger partial charge in [-0.15, -0.1) is 0 Å². The number of alkyl halides is 1. The number of halogens is 1. The Labute approximate surface area is 72.8 Å². The van der Waals surface area contributed by atoms with E-state index in [1.54, 1.807) is 6.20 Å². The van der Waals surface area contributed by atoms with Crippen LogP contribution in [0.1, 0.15) is 16.1 Å². The maximum absolute atomic E-state index is 11.3. The molecule has 0 N–H and O–H groups in total. The van der Waals surface area contributed by atoms with Crippen LogP contribution in [0, 0.1) is 0 Å². The Morgan fingerprint density at radius 3 is 3.18 bits per heavy atom. The minimum atomic E-state index is -0.0487. The van der Waals surface area contributed by atoms with Crippen LogP contribution < -0.4 is 0 Å². The molecule has 1 heterocycles. The molecule has 0 saturated heterocycles. The van der Waals surface area contributed by atoms with E-state index in [4.69, 9.17) is 0 Å². The predicted molar refractivity (Wildman–Crippen MR) is 45.0 cm³/mol. The fraction of sp³-hybridized carbons (Fsp3) is 0.250. The zero-order valence-electron chi connectivity index (χ0n) is 5.75. The van der Waals surface area contributed by atoms with Gasteiger partial charge in [-0.1, -0.05) is 22.0 Å². The molecule has 2 rings (SSSR count). The van der Waals surface area contributed by atoms with Crippen molar-refractivity contribution in [3.63, 3.8) is 0 Å². The number of carbonyl (C=O) groups is 1. The van der Waals surface area contributed by atoms with E-state index >= 15 is 0 Å². The number of pyridine rings is 1. The summed E-state index contributed by atoms with van der Waals surface area (Å²) in [7, 11) is 0. The van der Waals surface area contributed by atoms with Gasteiger partial charge in [0.05, 0.1) is 4.83 Å². The zero-order chi connectivity index (χ0) is 7.84. The van der Waals surface area contributed by atoms with Crippen LogP contribution in [0.2, 0.25) is 0 Å². The zero-order valence-corrected chi connectivity index (χ0v) is 7.34. The number of fused-ring (bicyclic) bond motifs is 1. The van der Waals surface area contributed by atoms with Crippen LogP contribution in [0.25, 0.3) is 0 Å². The third-order valence-electron chi connectivity index (χ3n) is 1.81. The minimum absolute atomic E-state index is 0.0487. The number of hydrogen-bond acceptors (Lipinski definition) is 2. The van der Waals surface area contributed by atoms with Gasteiger partial charge in [0.15, 0.2) is 5.78 Å². The van der Waals surface area contributed by atoms with Gasteiger partial charge in [-0.05, 0) is 18.1 Å². The van der Waals surface area contributed by atoms with Gasteiger partial charge < -0.3 is 0 Å². The van der Waals surface area contributed by atoms with Crippen LogP contribution in [0.5, 0.6) is 0 Å². The van der Waals surface area contributed by atoms with Crippen molar-refractivity contribution in [2.24, 2.45) is 0 Å². The molecule has 56 valence electrons. The number of Topliss-reactive ketones (excluding diaryl/α,β-unsaturated/α-hetero) is 1. The van der Waals surface area contributed by atoms with Crippen LogP contribution in [0.4, 0.5) is 0 Å². The predicted octanol–water partition coefficient (Wildman–Crippen LogP) is 1.58. The molecule has 0 aliphatic heterocycles. The minimum Gasteiger partial charge on any atom is -0.291 e. The molecule has 1 aromatic rings. The second kappa shape index (κ2) is 2.41. The van der Waals surface area contributed by atoms with Crippen molar-refractivity contribution >= 4 is 21.7 Å². The first-order chi connectivity index (χ1) is 5.29. The van der Waals surface area contributed by atoms with Crippen LogP contribution in [-0.4, -0.2) is 15.6 Å². The first-order valence-corrected chi connectivity index (χ1v) is 4.33. The summed E-state index contributed by atoms with van der Waals surface area (Å²) in [6, 6.07) is 3.80. The SMILES string of the molecule is O=C1c2ncccc2C[C@H]1Br. The summed E-state index contributed by atoms with van der Waals surface area (Å²) in [5.74, 6) is 0.112. The Balaban J connectivity index is 2.55. The number of nitrogens with zero attached hydrogens (tertiary/aromatic N) is 1. The van der Waals surface area contributed by atoms with Gasteiger partial charge in [-0.25, -0.2) is 0 Å². The average molecular weight is 212 g/mol. The molecule has 0 bridgehead atoms. The Morgan fingerprint density at radius 2 is 2.45 bits per heavy atom.